The number of carbonyl (C=O) groups is 2. The molecule has 0 aliphatic carbocycles. The fourth-order valence-corrected chi connectivity index (χ4v) is 2.25. The van der Waals surface area contributed by atoms with Crippen molar-refractivity contribution in [3.63, 3.8) is 0 Å². The van der Waals surface area contributed by atoms with Gasteiger partial charge in [0.15, 0.2) is 11.5 Å². The fourth-order valence-electron chi connectivity index (χ4n) is 2.25. The van der Waals surface area contributed by atoms with Crippen LogP contribution in [-0.4, -0.2) is 30.1 Å². The Balaban J connectivity index is 1.47. The second-order valence-corrected chi connectivity index (χ2v) is 5.29. The molecule has 2 aromatic rings. The van der Waals surface area contributed by atoms with Gasteiger partial charge >= 0.3 is 0 Å². The summed E-state index contributed by atoms with van der Waals surface area (Å²) < 4.78 is 10.4. The Morgan fingerprint density at radius 1 is 1.17 bits per heavy atom. The monoisotopic (exact) mass is 327 g/mol. The minimum atomic E-state index is -0.269. The molecule has 2 amide bonds. The molecule has 1 aliphatic heterocycles. The summed E-state index contributed by atoms with van der Waals surface area (Å²) in [6.45, 7) is 2.24. The molecule has 124 valence electrons. The van der Waals surface area contributed by atoms with Crippen LogP contribution < -0.4 is 20.1 Å². The number of rotatable bonds is 5. The van der Waals surface area contributed by atoms with Crippen LogP contribution in [0.2, 0.25) is 0 Å². The number of benzene rings is 1. The van der Waals surface area contributed by atoms with E-state index in [4.69, 9.17) is 9.47 Å². The highest BCUT2D eigenvalue weighted by molar-refractivity contribution is 5.95. The van der Waals surface area contributed by atoms with Gasteiger partial charge in [-0.15, -0.1) is 0 Å². The van der Waals surface area contributed by atoms with Crippen LogP contribution in [0.5, 0.6) is 11.5 Å². The Labute approximate surface area is 139 Å². The maximum atomic E-state index is 12.1. The van der Waals surface area contributed by atoms with Gasteiger partial charge in [0.1, 0.15) is 5.82 Å². The van der Waals surface area contributed by atoms with Gasteiger partial charge < -0.3 is 20.1 Å². The quantitative estimate of drug-likeness (QED) is 0.875. The first-order valence-corrected chi connectivity index (χ1v) is 7.53. The van der Waals surface area contributed by atoms with Gasteiger partial charge in [-0.2, -0.15) is 0 Å². The van der Waals surface area contributed by atoms with Crippen molar-refractivity contribution in [3.8, 4) is 11.5 Å². The minimum absolute atomic E-state index is 0.159. The van der Waals surface area contributed by atoms with Crippen molar-refractivity contribution < 1.29 is 19.1 Å². The normalized spacial score (nSPS) is 11.9. The van der Waals surface area contributed by atoms with Crippen molar-refractivity contribution in [1.82, 2.24) is 10.3 Å². The summed E-state index contributed by atoms with van der Waals surface area (Å²) in [5.41, 5.74) is 1.28. The average Bonchev–Trinajstić information content (AvgIpc) is 3.02. The number of carbonyl (C=O) groups excluding carboxylic acids is 2. The van der Waals surface area contributed by atoms with Gasteiger partial charge in [-0.3, -0.25) is 9.59 Å². The summed E-state index contributed by atoms with van der Waals surface area (Å²) in [7, 11) is 0. The predicted octanol–water partition coefficient (Wildman–Crippen LogP) is 1.88. The number of nitrogens with zero attached hydrogens (tertiary/aromatic N) is 1. The van der Waals surface area contributed by atoms with Crippen LogP contribution in [-0.2, 0) is 4.79 Å². The van der Waals surface area contributed by atoms with Crippen molar-refractivity contribution in [2.45, 2.75) is 13.3 Å². The predicted molar refractivity (Wildman–Crippen MR) is 87.1 cm³/mol. The van der Waals surface area contributed by atoms with E-state index >= 15 is 0 Å². The van der Waals surface area contributed by atoms with Crippen molar-refractivity contribution in [2.24, 2.45) is 0 Å². The van der Waals surface area contributed by atoms with E-state index in [-0.39, 0.29) is 31.6 Å². The molecule has 0 saturated heterocycles. The Kier molecular flexibility index (Phi) is 4.60. The highest BCUT2D eigenvalue weighted by Gasteiger charge is 2.16. The molecule has 2 heterocycles. The molecule has 3 rings (SSSR count). The first-order valence-electron chi connectivity index (χ1n) is 7.53. The van der Waals surface area contributed by atoms with E-state index in [0.717, 1.165) is 5.69 Å². The molecule has 0 spiro atoms. The van der Waals surface area contributed by atoms with E-state index in [1.807, 2.05) is 19.1 Å². The number of hydrogen-bond donors (Lipinski definition) is 2. The van der Waals surface area contributed by atoms with Crippen LogP contribution >= 0.6 is 0 Å². The molecular weight excluding hydrogens is 310 g/mol. The summed E-state index contributed by atoms with van der Waals surface area (Å²) in [5, 5.41) is 5.39. The Morgan fingerprint density at radius 3 is 2.83 bits per heavy atom. The van der Waals surface area contributed by atoms with Crippen molar-refractivity contribution in [2.75, 3.05) is 18.7 Å². The lowest BCUT2D eigenvalue weighted by molar-refractivity contribution is -0.116. The van der Waals surface area contributed by atoms with Crippen molar-refractivity contribution >= 4 is 17.6 Å². The van der Waals surface area contributed by atoms with Gasteiger partial charge in [0.05, 0.1) is 0 Å². The van der Waals surface area contributed by atoms with Crippen LogP contribution in [0.25, 0.3) is 0 Å². The topological polar surface area (TPSA) is 89.6 Å². The lowest BCUT2D eigenvalue weighted by atomic mass is 10.2. The molecular formula is C17H17N3O4. The largest absolute Gasteiger partial charge is 0.454 e. The molecule has 0 radical (unpaired) electrons. The van der Waals surface area contributed by atoms with Crippen LogP contribution in [0.3, 0.4) is 0 Å². The first kappa shape index (κ1) is 15.8. The molecule has 7 heteroatoms. The molecule has 0 unspecified atom stereocenters. The van der Waals surface area contributed by atoms with Gasteiger partial charge in [0.25, 0.3) is 5.91 Å². The zero-order chi connectivity index (χ0) is 16.9. The summed E-state index contributed by atoms with van der Waals surface area (Å²) in [6, 6.07) is 10.3. The van der Waals surface area contributed by atoms with E-state index in [1.165, 1.54) is 0 Å². The van der Waals surface area contributed by atoms with Gasteiger partial charge in [-0.05, 0) is 37.3 Å². The highest BCUT2D eigenvalue weighted by Crippen LogP contribution is 2.32. The maximum absolute atomic E-state index is 12.1. The van der Waals surface area contributed by atoms with Crippen LogP contribution in [0, 0.1) is 6.92 Å². The molecule has 0 atom stereocenters. The summed E-state index contributed by atoms with van der Waals surface area (Å²) >= 11 is 0. The third kappa shape index (κ3) is 3.81. The van der Waals surface area contributed by atoms with E-state index < -0.39 is 0 Å². The second kappa shape index (κ2) is 6.99. The molecule has 0 bridgehead atoms. The fraction of sp³-hybridized carbons (Fsp3) is 0.235. The van der Waals surface area contributed by atoms with Gasteiger partial charge in [0, 0.05) is 24.2 Å². The molecule has 0 fully saturated rings. The lowest BCUT2D eigenvalue weighted by Gasteiger charge is -2.07. The second-order valence-electron chi connectivity index (χ2n) is 5.29. The Bertz CT molecular complexity index is 776. The molecule has 0 saturated carbocycles. The van der Waals surface area contributed by atoms with Gasteiger partial charge in [-0.1, -0.05) is 6.07 Å². The summed E-state index contributed by atoms with van der Waals surface area (Å²) in [4.78, 5) is 28.1. The zero-order valence-corrected chi connectivity index (χ0v) is 13.2. The SMILES string of the molecule is Cc1cccc(NC(=O)CCNC(=O)c2ccc3c(c2)OCO3)n1. The number of nitrogens with one attached hydrogen (secondary N) is 2. The maximum Gasteiger partial charge on any atom is 0.251 e. The highest BCUT2D eigenvalue weighted by atomic mass is 16.7. The van der Waals surface area contributed by atoms with Crippen molar-refractivity contribution in [1.29, 1.82) is 0 Å². The molecule has 2 N–H and O–H groups in total. The molecule has 1 aliphatic rings. The number of ether oxygens (including phenoxy) is 2. The third-order valence-corrected chi connectivity index (χ3v) is 3.43. The number of pyridine rings is 1. The number of anilines is 1. The number of fused-ring (bicyclic) bond motifs is 1. The molecule has 1 aromatic carbocycles. The molecule has 24 heavy (non-hydrogen) atoms. The van der Waals surface area contributed by atoms with Gasteiger partial charge in [0.2, 0.25) is 12.7 Å². The lowest BCUT2D eigenvalue weighted by Crippen LogP contribution is -2.27. The van der Waals surface area contributed by atoms with Gasteiger partial charge in [-0.25, -0.2) is 4.98 Å². The van der Waals surface area contributed by atoms with Crippen LogP contribution in [0.15, 0.2) is 36.4 Å². The Hall–Kier alpha value is -3.09. The number of hydrogen-bond acceptors (Lipinski definition) is 5. The number of amides is 2. The summed E-state index contributed by atoms with van der Waals surface area (Å²) in [6.07, 6.45) is 0.159. The molecule has 7 nitrogen and oxygen atoms in total. The zero-order valence-electron chi connectivity index (χ0n) is 13.2. The average molecular weight is 327 g/mol. The van der Waals surface area contributed by atoms with E-state index in [1.54, 1.807) is 24.3 Å². The molecule has 1 aromatic heterocycles. The van der Waals surface area contributed by atoms with E-state index in [2.05, 4.69) is 15.6 Å². The summed E-state index contributed by atoms with van der Waals surface area (Å²) in [5.74, 6) is 1.19. The Morgan fingerprint density at radius 2 is 2.00 bits per heavy atom. The minimum Gasteiger partial charge on any atom is -0.454 e. The first-order chi connectivity index (χ1) is 11.6. The van der Waals surface area contributed by atoms with Crippen molar-refractivity contribution in [3.05, 3.63) is 47.7 Å². The van der Waals surface area contributed by atoms with E-state index in [0.29, 0.717) is 22.9 Å². The smallest absolute Gasteiger partial charge is 0.251 e. The van der Waals surface area contributed by atoms with E-state index in [9.17, 15) is 9.59 Å². The van der Waals surface area contributed by atoms with Crippen LogP contribution in [0.1, 0.15) is 22.5 Å². The standard InChI is InChI=1S/C17H17N3O4/c1-11-3-2-4-15(19-11)20-16(21)7-8-18-17(22)12-5-6-13-14(9-12)24-10-23-13/h2-6,9H,7-8,10H2,1H3,(H,18,22)(H,19,20,21). The number of aromatic nitrogens is 1. The van der Waals surface area contributed by atoms with Crippen LogP contribution in [0.4, 0.5) is 5.82 Å². The third-order valence-electron chi connectivity index (χ3n) is 3.43. The number of aryl methyl sites for hydroxylation is 1.